The van der Waals surface area contributed by atoms with E-state index in [2.05, 4.69) is 165 Å². The number of nitrogens with one attached hydrogen (secondary N) is 1. The third kappa shape index (κ3) is 65.5. The molecule has 0 heterocycles. The number of aliphatic hydroxyl groups excluding tert-OH is 1. The second-order valence-electron chi connectivity index (χ2n) is 23.1. The van der Waals surface area contributed by atoms with Crippen LogP contribution in [0.25, 0.3) is 0 Å². The molecule has 83 heavy (non-hydrogen) atoms. The van der Waals surface area contributed by atoms with Gasteiger partial charge in [0.05, 0.1) is 39.9 Å². The second-order valence-corrected chi connectivity index (χ2v) is 24.5. The van der Waals surface area contributed by atoms with Crippen molar-refractivity contribution in [3.63, 3.8) is 0 Å². The minimum atomic E-state index is -4.63. The number of unbranched alkanes of at least 4 members (excludes halogenated alkanes) is 22. The zero-order valence-corrected chi connectivity index (χ0v) is 54.7. The topological polar surface area (TPSA) is 108 Å². The molecule has 1 amide bonds. The molecule has 0 aliphatic heterocycles. The number of amides is 1. The van der Waals surface area contributed by atoms with E-state index in [9.17, 15) is 19.4 Å². The van der Waals surface area contributed by atoms with E-state index in [1.54, 1.807) is 6.08 Å². The summed E-state index contributed by atoms with van der Waals surface area (Å²) in [6.07, 6.45) is 97.7. The molecule has 2 N–H and O–H groups in total. The quantitative estimate of drug-likeness (QED) is 0.0272. The molecule has 8 nitrogen and oxygen atoms in total. The zero-order chi connectivity index (χ0) is 60.5. The number of rotatable bonds is 59. The predicted molar refractivity (Wildman–Crippen MR) is 361 cm³/mol. The summed E-state index contributed by atoms with van der Waals surface area (Å²) in [6, 6.07) is -0.923. The fraction of sp³-hybridized carbons (Fsp3) is 0.635. The van der Waals surface area contributed by atoms with Crippen LogP contribution in [0, 0.1) is 0 Å². The number of likely N-dealkylation sites (N-methyl/N-ethyl adjacent to an activating group) is 1. The number of quaternary nitrogens is 1. The van der Waals surface area contributed by atoms with Crippen LogP contribution in [0.4, 0.5) is 0 Å². The average molecular weight is 1170 g/mol. The Kier molecular flexibility index (Phi) is 59.7. The molecule has 9 heteroatoms. The van der Waals surface area contributed by atoms with Crippen LogP contribution in [0.3, 0.4) is 0 Å². The highest BCUT2D eigenvalue weighted by Gasteiger charge is 2.23. The molecule has 0 rings (SSSR count). The first-order valence-electron chi connectivity index (χ1n) is 33.3. The van der Waals surface area contributed by atoms with Crippen LogP contribution in [-0.4, -0.2) is 68.5 Å². The smallest absolute Gasteiger partial charge is 0.268 e. The van der Waals surface area contributed by atoms with Crippen LogP contribution in [-0.2, 0) is 18.4 Å². The van der Waals surface area contributed by atoms with Crippen LogP contribution in [0.2, 0.25) is 0 Å². The third-order valence-electron chi connectivity index (χ3n) is 14.0. The van der Waals surface area contributed by atoms with E-state index in [1.165, 1.54) is 116 Å². The van der Waals surface area contributed by atoms with Gasteiger partial charge in [-0.15, -0.1) is 0 Å². The highest BCUT2D eigenvalue weighted by molar-refractivity contribution is 7.45. The molecule has 0 bridgehead atoms. The predicted octanol–water partition coefficient (Wildman–Crippen LogP) is 20.7. The van der Waals surface area contributed by atoms with Crippen molar-refractivity contribution < 1.29 is 32.9 Å². The summed E-state index contributed by atoms with van der Waals surface area (Å²) in [5.74, 6) is -0.244. The van der Waals surface area contributed by atoms with E-state index in [4.69, 9.17) is 9.05 Å². The molecular formula is C74H125N2O6P. The summed E-state index contributed by atoms with van der Waals surface area (Å²) in [6.45, 7) is 4.50. The summed E-state index contributed by atoms with van der Waals surface area (Å²) in [5, 5.41) is 13.9. The average Bonchev–Trinajstić information content (AvgIpc) is 3.50. The van der Waals surface area contributed by atoms with E-state index >= 15 is 0 Å². The second kappa shape index (κ2) is 62.6. The van der Waals surface area contributed by atoms with Crippen LogP contribution in [0.1, 0.15) is 251 Å². The van der Waals surface area contributed by atoms with Crippen LogP contribution < -0.4 is 10.2 Å². The molecule has 0 aliphatic rings. The lowest BCUT2D eigenvalue weighted by Gasteiger charge is -2.29. The lowest BCUT2D eigenvalue weighted by atomic mass is 10.0. The molecule has 3 unspecified atom stereocenters. The number of carbonyl (C=O) groups excluding carboxylic acids is 1. The van der Waals surface area contributed by atoms with Crippen molar-refractivity contribution in [1.82, 2.24) is 5.32 Å². The molecule has 0 spiro atoms. The molecular weight excluding hydrogens is 1040 g/mol. The lowest BCUT2D eigenvalue weighted by molar-refractivity contribution is -0.870. The van der Waals surface area contributed by atoms with Crippen molar-refractivity contribution in [2.75, 3.05) is 40.9 Å². The summed E-state index contributed by atoms with van der Waals surface area (Å²) < 4.78 is 23.4. The van der Waals surface area contributed by atoms with Crippen molar-refractivity contribution in [2.24, 2.45) is 0 Å². The minimum absolute atomic E-state index is 0.0177. The maximum atomic E-state index is 13.0. The fourth-order valence-corrected chi connectivity index (χ4v) is 9.56. The van der Waals surface area contributed by atoms with Gasteiger partial charge in [-0.1, -0.05) is 294 Å². The molecule has 0 aromatic carbocycles. The van der Waals surface area contributed by atoms with Crippen LogP contribution in [0.15, 0.2) is 158 Å². The highest BCUT2D eigenvalue weighted by Crippen LogP contribution is 2.38. The number of phosphoric ester groups is 1. The van der Waals surface area contributed by atoms with Gasteiger partial charge < -0.3 is 28.8 Å². The van der Waals surface area contributed by atoms with Gasteiger partial charge in [-0.25, -0.2) is 0 Å². The van der Waals surface area contributed by atoms with Gasteiger partial charge in [0.1, 0.15) is 13.2 Å². The Labute approximate surface area is 511 Å². The molecule has 0 saturated carbocycles. The zero-order valence-electron chi connectivity index (χ0n) is 53.8. The van der Waals surface area contributed by atoms with Crippen molar-refractivity contribution in [2.45, 2.75) is 264 Å². The van der Waals surface area contributed by atoms with Gasteiger partial charge in [-0.2, -0.15) is 0 Å². The Balaban J connectivity index is 4.27. The van der Waals surface area contributed by atoms with Crippen molar-refractivity contribution in [3.8, 4) is 0 Å². The molecule has 0 radical (unpaired) electrons. The summed E-state index contributed by atoms with van der Waals surface area (Å²) in [7, 11) is 1.21. The number of allylic oxidation sites excluding steroid dienone is 25. The Morgan fingerprint density at radius 3 is 1.07 bits per heavy atom. The number of carbonyl (C=O) groups is 1. The Morgan fingerprint density at radius 2 is 0.735 bits per heavy atom. The number of hydrogen-bond acceptors (Lipinski definition) is 6. The molecule has 0 fully saturated rings. The molecule has 0 saturated heterocycles. The van der Waals surface area contributed by atoms with Crippen molar-refractivity contribution in [3.05, 3.63) is 158 Å². The Morgan fingerprint density at radius 1 is 0.434 bits per heavy atom. The van der Waals surface area contributed by atoms with Gasteiger partial charge in [0.2, 0.25) is 5.91 Å². The van der Waals surface area contributed by atoms with E-state index in [0.717, 1.165) is 109 Å². The number of nitrogens with zero attached hydrogens (tertiary/aromatic N) is 1. The van der Waals surface area contributed by atoms with Crippen LogP contribution >= 0.6 is 7.82 Å². The number of hydrogen-bond donors (Lipinski definition) is 2. The normalized spacial score (nSPS) is 14.7. The van der Waals surface area contributed by atoms with Gasteiger partial charge in [0.15, 0.2) is 0 Å². The summed E-state index contributed by atoms with van der Waals surface area (Å²) in [4.78, 5) is 25.6. The first kappa shape index (κ1) is 79.1. The van der Waals surface area contributed by atoms with E-state index in [0.29, 0.717) is 17.4 Å². The SMILES string of the molecule is CC/C=C\C/C=C\C/C=C\C/C=C\C/C=C\C/C=C\C/C=C\C/C=C\C/C=C\C/C=C\C/C=C\C/C=C\CCCCC(=O)NC(COP(=O)([O-])OCC[N+](C)(C)C)C(O)/C=C/CCCCCCCCCCCCCCCCCCCCCC. The maximum Gasteiger partial charge on any atom is 0.268 e. The monoisotopic (exact) mass is 1170 g/mol. The van der Waals surface area contributed by atoms with E-state index < -0.39 is 26.6 Å². The number of phosphoric acid groups is 1. The van der Waals surface area contributed by atoms with Gasteiger partial charge in [0.25, 0.3) is 7.82 Å². The van der Waals surface area contributed by atoms with Crippen LogP contribution in [0.5, 0.6) is 0 Å². The van der Waals surface area contributed by atoms with Crippen molar-refractivity contribution in [1.29, 1.82) is 0 Å². The molecule has 0 aromatic heterocycles. The lowest BCUT2D eigenvalue weighted by Crippen LogP contribution is -2.45. The first-order valence-corrected chi connectivity index (χ1v) is 34.8. The standard InChI is InChI=1S/C74H125N2O6P/c1-6-8-10-12-14-16-18-20-22-24-26-28-30-31-32-33-34-35-36-37-38-39-40-41-42-43-44-45-46-48-50-52-54-56-58-60-62-64-66-68-74(78)75-72(71-82-83(79,80)81-70-69-76(3,4)5)73(77)67-65-63-61-59-57-55-53-51-49-47-29-27-25-23-21-19-17-15-13-11-9-7-2/h8,10,14,16,20,22,26,28,31-32,34-35,37-38,40-41,43-44,46,48,52,54,58,60,65,67,72-73,77H,6-7,9,11-13,15,17-19,21,23-25,27,29-30,33,36,39,42,45,47,49-51,53,55-57,59,61-64,66,68-71H2,1-5H3,(H-,75,78,79,80)/b10-8-,16-14-,22-20-,28-26-,32-31-,35-34-,38-37-,41-40-,44-43-,48-46-,54-52-,60-58-,67-65+. The first-order chi connectivity index (χ1) is 40.5. The Hall–Kier alpha value is -3.88. The fourth-order valence-electron chi connectivity index (χ4n) is 8.84. The molecule has 3 atom stereocenters. The van der Waals surface area contributed by atoms with Gasteiger partial charge in [0, 0.05) is 6.42 Å². The van der Waals surface area contributed by atoms with Gasteiger partial charge in [-0.3, -0.25) is 9.36 Å². The Bertz CT molecular complexity index is 1910. The summed E-state index contributed by atoms with van der Waals surface area (Å²) in [5.41, 5.74) is 0. The van der Waals surface area contributed by atoms with E-state index in [-0.39, 0.29) is 18.9 Å². The van der Waals surface area contributed by atoms with Gasteiger partial charge in [-0.05, 0) is 109 Å². The number of aliphatic hydroxyl groups is 1. The minimum Gasteiger partial charge on any atom is -0.756 e. The highest BCUT2D eigenvalue weighted by atomic mass is 31.2. The van der Waals surface area contributed by atoms with Crippen molar-refractivity contribution >= 4 is 13.7 Å². The van der Waals surface area contributed by atoms with Gasteiger partial charge >= 0.3 is 0 Å². The maximum absolute atomic E-state index is 13.0. The summed E-state index contributed by atoms with van der Waals surface area (Å²) >= 11 is 0. The third-order valence-corrected chi connectivity index (χ3v) is 15.0. The molecule has 472 valence electrons. The molecule has 0 aliphatic carbocycles. The largest absolute Gasteiger partial charge is 0.756 e. The molecule has 0 aromatic rings. The van der Waals surface area contributed by atoms with E-state index in [1.807, 2.05) is 27.2 Å².